The lowest BCUT2D eigenvalue weighted by atomic mass is 9.55. The van der Waals surface area contributed by atoms with Crippen molar-refractivity contribution < 1.29 is 43.5 Å². The second-order valence-electron chi connectivity index (χ2n) is 19.2. The number of allylic oxidation sites excluding steroid dienone is 1. The summed E-state index contributed by atoms with van der Waals surface area (Å²) in [6, 6.07) is 29.5. The molecule has 4 aromatic rings. The molecule has 366 valence electrons. The third-order valence-corrected chi connectivity index (χ3v) is 15.7. The van der Waals surface area contributed by atoms with Crippen LogP contribution in [0.1, 0.15) is 106 Å². The van der Waals surface area contributed by atoms with Gasteiger partial charge in [-0.25, -0.2) is 0 Å². The zero-order chi connectivity index (χ0) is 47.6. The number of carbonyl (C=O) groups is 1. The Morgan fingerprint density at radius 2 is 1.62 bits per heavy atom. The number of aliphatic hydroxyl groups is 2. The molecule has 6 unspecified atom stereocenters. The molecule has 2 fully saturated rings. The number of hydrogen-bond acceptors (Lipinski definition) is 11. The highest BCUT2D eigenvalue weighted by Gasteiger charge is 2.65. The number of carbonyl (C=O) groups excluding carboxylic acids is 1. The SMILES string of the molecule is C=CCOC12Oc3ccc(Oc4ccc(SC)cc4)cc3C3C(CCCCO)C(CCCCO)C=C(C(=NOCc4ccccc4)CC1N(Cc1ccc4c(c1)OCO4)C(=O)CCC1CCCC1)C32. The Morgan fingerprint density at radius 1 is 0.870 bits per heavy atom. The summed E-state index contributed by atoms with van der Waals surface area (Å²) in [5, 5.41) is 25.2. The van der Waals surface area contributed by atoms with Crippen LogP contribution in [0.25, 0.3) is 0 Å². The number of fused-ring (bicyclic) bond motifs is 3. The average molecular weight is 957 g/mol. The van der Waals surface area contributed by atoms with E-state index in [1.54, 1.807) is 17.8 Å². The van der Waals surface area contributed by atoms with E-state index in [1.165, 1.54) is 12.8 Å². The van der Waals surface area contributed by atoms with Gasteiger partial charge in [-0.3, -0.25) is 4.79 Å². The molecule has 0 aromatic heterocycles. The van der Waals surface area contributed by atoms with E-state index >= 15 is 4.79 Å². The Kier molecular flexibility index (Phi) is 16.3. The van der Waals surface area contributed by atoms with E-state index in [1.807, 2.05) is 77.7 Å². The second kappa shape index (κ2) is 23.1. The molecule has 2 N–H and O–H groups in total. The second-order valence-corrected chi connectivity index (χ2v) is 20.1. The Bertz CT molecular complexity index is 2420. The van der Waals surface area contributed by atoms with Gasteiger partial charge in [-0.15, -0.1) is 18.3 Å². The summed E-state index contributed by atoms with van der Waals surface area (Å²) >= 11 is 1.69. The Balaban J connectivity index is 1.22. The third kappa shape index (κ3) is 11.0. The first-order valence-corrected chi connectivity index (χ1v) is 26.4. The lowest BCUT2D eigenvalue weighted by molar-refractivity contribution is -0.258. The number of ether oxygens (including phenoxy) is 5. The zero-order valence-electron chi connectivity index (χ0n) is 40.0. The van der Waals surface area contributed by atoms with E-state index < -0.39 is 17.7 Å². The van der Waals surface area contributed by atoms with Crippen LogP contribution in [0.2, 0.25) is 0 Å². The molecule has 4 aromatic carbocycles. The van der Waals surface area contributed by atoms with Gasteiger partial charge in [0.1, 0.15) is 29.9 Å². The van der Waals surface area contributed by atoms with Gasteiger partial charge in [0.2, 0.25) is 18.5 Å². The number of hydrogen-bond donors (Lipinski definition) is 2. The summed E-state index contributed by atoms with van der Waals surface area (Å²) in [7, 11) is 0. The van der Waals surface area contributed by atoms with Crippen molar-refractivity contribution in [3.05, 3.63) is 132 Å². The monoisotopic (exact) mass is 956 g/mol. The summed E-state index contributed by atoms with van der Waals surface area (Å²) in [5.41, 5.74) is 4.66. The molecule has 11 nitrogen and oxygen atoms in total. The van der Waals surface area contributed by atoms with Crippen molar-refractivity contribution in [2.24, 2.45) is 28.8 Å². The minimum atomic E-state index is -1.39. The van der Waals surface area contributed by atoms with Gasteiger partial charge in [-0.2, -0.15) is 0 Å². The van der Waals surface area contributed by atoms with Gasteiger partial charge in [-0.1, -0.05) is 92.2 Å². The van der Waals surface area contributed by atoms with Crippen molar-refractivity contribution in [2.45, 2.75) is 119 Å². The predicted octanol–water partition coefficient (Wildman–Crippen LogP) is 11.8. The standard InChI is InChI=1S/C57H68N2O9S/c1-3-31-65-57-53(59(54(62)28-20-39-13-7-8-14-39)36-41-19-26-51-52(32-41)64-38-63-51)35-49(58-66-37-40-15-5-4-6-16-40)47-33-42(17-9-11-29-60)46(18-10-12-30-61)55(56(47)57)48-34-44(23-27-50(48)68-57)67-43-21-24-45(69-2)25-22-43/h3-6,15-16,19,21-27,32-34,39,42,46,53,55-56,60-61H,1,7-14,17-18,20,28-31,35-38H2,2H3. The number of unbranched alkanes of at least 4 members (excludes halogenated alkanes) is 2. The highest BCUT2D eigenvalue weighted by atomic mass is 32.2. The van der Waals surface area contributed by atoms with E-state index in [-0.39, 0.29) is 63.4 Å². The van der Waals surface area contributed by atoms with Crippen molar-refractivity contribution in [3.8, 4) is 28.7 Å². The van der Waals surface area contributed by atoms with Crippen LogP contribution in [-0.2, 0) is 27.5 Å². The van der Waals surface area contributed by atoms with Gasteiger partial charge >= 0.3 is 0 Å². The van der Waals surface area contributed by atoms with Gasteiger partial charge in [0.25, 0.3) is 0 Å². The summed E-state index contributed by atoms with van der Waals surface area (Å²) in [4.78, 5) is 24.9. The maximum absolute atomic E-state index is 15.4. The van der Waals surface area contributed by atoms with Crippen molar-refractivity contribution in [1.82, 2.24) is 4.90 Å². The van der Waals surface area contributed by atoms with Crippen molar-refractivity contribution in [2.75, 3.05) is 32.9 Å². The Morgan fingerprint density at radius 3 is 2.39 bits per heavy atom. The van der Waals surface area contributed by atoms with E-state index in [2.05, 4.69) is 37.1 Å². The molecule has 0 bridgehead atoms. The van der Waals surface area contributed by atoms with Gasteiger partial charge in [0, 0.05) is 49.0 Å². The maximum atomic E-state index is 15.4. The number of aliphatic hydroxyl groups excluding tert-OH is 2. The van der Waals surface area contributed by atoms with Crippen LogP contribution in [0.15, 0.2) is 125 Å². The normalized spacial score (nSPS) is 24.0. The fourth-order valence-electron chi connectivity index (χ4n) is 11.6. The Labute approximate surface area is 411 Å². The van der Waals surface area contributed by atoms with Crippen molar-refractivity contribution in [1.29, 1.82) is 0 Å². The van der Waals surface area contributed by atoms with Gasteiger partial charge in [0.15, 0.2) is 11.5 Å². The highest BCUT2D eigenvalue weighted by Crippen LogP contribution is 2.62. The largest absolute Gasteiger partial charge is 0.459 e. The molecular weight excluding hydrogens is 889 g/mol. The molecule has 6 atom stereocenters. The topological polar surface area (TPSA) is 129 Å². The van der Waals surface area contributed by atoms with Crippen LogP contribution in [0.3, 0.4) is 0 Å². The molecule has 0 spiro atoms. The summed E-state index contributed by atoms with van der Waals surface area (Å²) in [5.74, 6) is 2.10. The summed E-state index contributed by atoms with van der Waals surface area (Å²) in [6.45, 7) is 5.23. The zero-order valence-corrected chi connectivity index (χ0v) is 40.8. The fourth-order valence-corrected chi connectivity index (χ4v) is 12.0. The van der Waals surface area contributed by atoms with Gasteiger partial charge < -0.3 is 43.6 Å². The molecule has 0 saturated heterocycles. The predicted molar refractivity (Wildman–Crippen MR) is 269 cm³/mol. The summed E-state index contributed by atoms with van der Waals surface area (Å²) in [6.07, 6.45) is 17.1. The first-order valence-electron chi connectivity index (χ1n) is 25.2. The Hall–Kier alpha value is -5.27. The fraction of sp³-hybridized carbons (Fsp3) is 0.474. The molecule has 0 radical (unpaired) electrons. The van der Waals surface area contributed by atoms with Crippen LogP contribution in [0, 0.1) is 23.7 Å². The molecular formula is C57H68N2O9S. The number of nitrogens with zero attached hydrogens (tertiary/aromatic N) is 2. The van der Waals surface area contributed by atoms with Gasteiger partial charge in [0.05, 0.1) is 18.2 Å². The van der Waals surface area contributed by atoms with E-state index in [4.69, 9.17) is 33.7 Å². The molecule has 9 rings (SSSR count). The molecule has 2 heterocycles. The number of benzene rings is 4. The molecule has 1 amide bonds. The van der Waals surface area contributed by atoms with Crippen molar-refractivity contribution >= 4 is 23.4 Å². The highest BCUT2D eigenvalue weighted by molar-refractivity contribution is 7.98. The van der Waals surface area contributed by atoms with E-state index in [0.717, 1.165) is 83.6 Å². The molecule has 3 aliphatic carbocycles. The molecule has 69 heavy (non-hydrogen) atoms. The first kappa shape index (κ1) is 48.7. The lowest BCUT2D eigenvalue weighted by Crippen LogP contribution is -2.70. The van der Waals surface area contributed by atoms with Gasteiger partial charge in [-0.05, 0) is 127 Å². The first-order chi connectivity index (χ1) is 33.9. The average Bonchev–Trinajstić information content (AvgIpc) is 4.09. The maximum Gasteiger partial charge on any atom is 0.239 e. The van der Waals surface area contributed by atoms with Crippen LogP contribution >= 0.6 is 11.8 Å². The van der Waals surface area contributed by atoms with Crippen LogP contribution in [0.4, 0.5) is 0 Å². The van der Waals surface area contributed by atoms with E-state index in [9.17, 15) is 10.2 Å². The third-order valence-electron chi connectivity index (χ3n) is 14.9. The lowest BCUT2D eigenvalue weighted by Gasteiger charge is -2.60. The molecule has 5 aliphatic rings. The molecule has 2 saturated carbocycles. The molecule has 12 heteroatoms. The minimum Gasteiger partial charge on any atom is -0.459 e. The number of oxime groups is 1. The quantitative estimate of drug-likeness (QED) is 0.0321. The van der Waals surface area contributed by atoms with E-state index in [0.29, 0.717) is 54.6 Å². The summed E-state index contributed by atoms with van der Waals surface area (Å²) < 4.78 is 33.1. The van der Waals surface area contributed by atoms with Crippen LogP contribution in [0.5, 0.6) is 28.7 Å². The number of thioether (sulfide) groups is 1. The minimum absolute atomic E-state index is 0.0301. The van der Waals surface area contributed by atoms with Crippen molar-refractivity contribution in [3.63, 3.8) is 0 Å². The number of amides is 1. The molecule has 2 aliphatic heterocycles. The van der Waals surface area contributed by atoms with Crippen LogP contribution in [-0.4, -0.2) is 71.4 Å². The smallest absolute Gasteiger partial charge is 0.239 e. The number of rotatable bonds is 23. The van der Waals surface area contributed by atoms with Crippen LogP contribution < -0.4 is 18.9 Å².